The van der Waals surface area contributed by atoms with Gasteiger partial charge in [-0.15, -0.1) is 5.10 Å². The predicted octanol–water partition coefficient (Wildman–Crippen LogP) is 2.98. The Balaban J connectivity index is 1.75. The number of benzene rings is 1. The molecular weight excluding hydrogens is 373 g/mol. The molecule has 3 rings (SSSR count). The smallest absolute Gasteiger partial charge is 0.288 e. The van der Waals surface area contributed by atoms with Gasteiger partial charge in [-0.25, -0.2) is 9.67 Å². The third kappa shape index (κ3) is 3.69. The average molecular weight is 385 g/mol. The summed E-state index contributed by atoms with van der Waals surface area (Å²) in [4.78, 5) is 16.1. The minimum absolute atomic E-state index is 0.0683. The minimum Gasteiger partial charge on any atom is -0.288 e. The zero-order valence-corrected chi connectivity index (χ0v) is 14.1. The number of carbonyl (C=O) groups is 1. The van der Waals surface area contributed by atoms with Gasteiger partial charge < -0.3 is 0 Å². The van der Waals surface area contributed by atoms with Crippen molar-refractivity contribution in [3.05, 3.63) is 58.6 Å². The molecule has 0 bridgehead atoms. The van der Waals surface area contributed by atoms with Gasteiger partial charge in [0.1, 0.15) is 11.3 Å². The van der Waals surface area contributed by atoms with Crippen LogP contribution in [-0.4, -0.2) is 30.5 Å². The number of nitrogens with one attached hydrogen (secondary N) is 1. The van der Waals surface area contributed by atoms with E-state index in [-0.39, 0.29) is 5.95 Å². The highest BCUT2D eigenvalue weighted by Gasteiger charge is 2.40. The number of aromatic nitrogens is 5. The van der Waals surface area contributed by atoms with Crippen LogP contribution in [0.5, 0.6) is 0 Å². The van der Waals surface area contributed by atoms with E-state index in [2.05, 4.69) is 20.5 Å². The Bertz CT molecular complexity index is 935. The summed E-state index contributed by atoms with van der Waals surface area (Å²) in [5, 5.41) is 9.10. The van der Waals surface area contributed by atoms with E-state index in [9.17, 15) is 18.0 Å². The van der Waals surface area contributed by atoms with Gasteiger partial charge in [-0.1, -0.05) is 41.9 Å². The first-order valence-corrected chi connectivity index (χ1v) is 7.68. The summed E-state index contributed by atoms with van der Waals surface area (Å²) in [5.74, 6) is -1.00. The number of aryl methyl sites for hydroxylation is 1. The van der Waals surface area contributed by atoms with Crippen LogP contribution >= 0.6 is 11.6 Å². The summed E-state index contributed by atoms with van der Waals surface area (Å²) in [6.07, 6.45) is -3.34. The lowest BCUT2D eigenvalue weighted by molar-refractivity contribution is -0.143. The Morgan fingerprint density at radius 1 is 1.23 bits per heavy atom. The van der Waals surface area contributed by atoms with E-state index in [4.69, 9.17) is 11.6 Å². The van der Waals surface area contributed by atoms with Gasteiger partial charge in [0.2, 0.25) is 5.95 Å². The third-order valence-electron chi connectivity index (χ3n) is 3.42. The van der Waals surface area contributed by atoms with Crippen LogP contribution in [0.3, 0.4) is 0 Å². The van der Waals surface area contributed by atoms with Crippen LogP contribution in [0.25, 0.3) is 0 Å². The van der Waals surface area contributed by atoms with E-state index in [0.29, 0.717) is 11.2 Å². The lowest BCUT2D eigenvalue weighted by atomic mass is 10.2. The van der Waals surface area contributed by atoms with Gasteiger partial charge >= 0.3 is 6.18 Å². The number of halogens is 4. The van der Waals surface area contributed by atoms with E-state index < -0.39 is 28.5 Å². The lowest BCUT2D eigenvalue weighted by Gasteiger charge is -2.06. The van der Waals surface area contributed by atoms with E-state index in [1.807, 2.05) is 30.3 Å². The lowest BCUT2D eigenvalue weighted by Crippen LogP contribution is -2.15. The third-order valence-corrected chi connectivity index (χ3v) is 3.78. The predicted molar refractivity (Wildman–Crippen MR) is 86.7 cm³/mol. The number of hydrogen-bond donors (Lipinski definition) is 1. The van der Waals surface area contributed by atoms with E-state index in [0.717, 1.165) is 12.6 Å². The number of hydrogen-bond acceptors (Lipinski definition) is 4. The Morgan fingerprint density at radius 3 is 2.54 bits per heavy atom. The van der Waals surface area contributed by atoms with Crippen molar-refractivity contribution in [1.29, 1.82) is 0 Å². The van der Waals surface area contributed by atoms with E-state index in [1.54, 1.807) is 0 Å². The number of alkyl halides is 3. The van der Waals surface area contributed by atoms with E-state index >= 15 is 0 Å². The van der Waals surface area contributed by atoms with Gasteiger partial charge in [-0.2, -0.15) is 18.3 Å². The second kappa shape index (κ2) is 6.79. The fourth-order valence-corrected chi connectivity index (χ4v) is 2.66. The largest absolute Gasteiger partial charge is 0.434 e. The topological polar surface area (TPSA) is 77.6 Å². The second-order valence-corrected chi connectivity index (χ2v) is 5.72. The average Bonchev–Trinajstić information content (AvgIpc) is 3.11. The first-order chi connectivity index (χ1) is 12.3. The quantitative estimate of drug-likeness (QED) is 0.750. The van der Waals surface area contributed by atoms with Crippen LogP contribution in [-0.2, 0) is 19.8 Å². The highest BCUT2D eigenvalue weighted by molar-refractivity contribution is 6.34. The Kier molecular flexibility index (Phi) is 4.68. The number of amides is 1. The van der Waals surface area contributed by atoms with Crippen molar-refractivity contribution in [1.82, 2.24) is 24.5 Å². The Labute approximate surface area is 150 Å². The van der Waals surface area contributed by atoms with Crippen LogP contribution < -0.4 is 5.32 Å². The summed E-state index contributed by atoms with van der Waals surface area (Å²) in [7, 11) is 1.05. The molecule has 1 amide bonds. The summed E-state index contributed by atoms with van der Waals surface area (Å²) in [6.45, 7) is 0.423. The zero-order chi connectivity index (χ0) is 18.9. The standard InChI is InChI=1S/C15H12ClF3N6O/c1-24-12(15(17,18)19)10(16)11(22-24)13(26)21-14-20-8-25(23-14)7-9-5-3-2-4-6-9/h2-6,8H,7H2,1H3,(H,21,23,26). The molecule has 0 radical (unpaired) electrons. The Morgan fingerprint density at radius 2 is 1.92 bits per heavy atom. The molecule has 2 aromatic heterocycles. The molecule has 1 aromatic carbocycles. The van der Waals surface area contributed by atoms with Gasteiger partial charge in [-0.3, -0.25) is 14.8 Å². The van der Waals surface area contributed by atoms with Gasteiger partial charge in [0.15, 0.2) is 11.4 Å². The highest BCUT2D eigenvalue weighted by Crippen LogP contribution is 2.36. The van der Waals surface area contributed by atoms with Crippen molar-refractivity contribution in [2.45, 2.75) is 12.7 Å². The molecule has 3 aromatic rings. The van der Waals surface area contributed by atoms with Gasteiger partial charge in [0.25, 0.3) is 5.91 Å². The van der Waals surface area contributed by atoms with Crippen LogP contribution in [0.4, 0.5) is 19.1 Å². The molecule has 0 atom stereocenters. The number of anilines is 1. The Hall–Kier alpha value is -2.88. The van der Waals surface area contributed by atoms with Crippen molar-refractivity contribution in [3.63, 3.8) is 0 Å². The zero-order valence-electron chi connectivity index (χ0n) is 13.3. The molecule has 0 aliphatic rings. The van der Waals surface area contributed by atoms with Crippen LogP contribution in [0.2, 0.25) is 5.02 Å². The number of nitrogens with zero attached hydrogens (tertiary/aromatic N) is 5. The maximum absolute atomic E-state index is 12.9. The van der Waals surface area contributed by atoms with Gasteiger partial charge in [0, 0.05) is 7.05 Å². The SMILES string of the molecule is Cn1nc(C(=O)Nc2ncn(Cc3ccccc3)n2)c(Cl)c1C(F)(F)F. The van der Waals surface area contributed by atoms with Crippen molar-refractivity contribution in [3.8, 4) is 0 Å². The first-order valence-electron chi connectivity index (χ1n) is 7.30. The number of rotatable bonds is 4. The molecule has 0 saturated heterocycles. The molecule has 1 N–H and O–H groups in total. The summed E-state index contributed by atoms with van der Waals surface area (Å²) in [5.41, 5.74) is -0.786. The summed E-state index contributed by atoms with van der Waals surface area (Å²) < 4.78 is 40.7. The molecule has 0 aliphatic heterocycles. The fourth-order valence-electron chi connectivity index (χ4n) is 2.31. The van der Waals surface area contributed by atoms with Crippen molar-refractivity contribution in [2.24, 2.45) is 7.05 Å². The van der Waals surface area contributed by atoms with Crippen LogP contribution in [0, 0.1) is 0 Å². The maximum atomic E-state index is 12.9. The van der Waals surface area contributed by atoms with Gasteiger partial charge in [-0.05, 0) is 5.56 Å². The van der Waals surface area contributed by atoms with Gasteiger partial charge in [0.05, 0.1) is 6.54 Å². The molecule has 0 spiro atoms. The highest BCUT2D eigenvalue weighted by atomic mass is 35.5. The first kappa shape index (κ1) is 17.9. The molecule has 0 unspecified atom stereocenters. The maximum Gasteiger partial charge on any atom is 0.434 e. The van der Waals surface area contributed by atoms with Crippen LogP contribution in [0.1, 0.15) is 21.7 Å². The van der Waals surface area contributed by atoms with E-state index in [1.165, 1.54) is 11.0 Å². The van der Waals surface area contributed by atoms with Crippen LogP contribution in [0.15, 0.2) is 36.7 Å². The molecule has 0 fully saturated rings. The molecule has 2 heterocycles. The molecular formula is C15H12ClF3N6O. The molecule has 26 heavy (non-hydrogen) atoms. The molecule has 136 valence electrons. The summed E-state index contributed by atoms with van der Waals surface area (Å²) >= 11 is 5.68. The number of carbonyl (C=O) groups excluding carboxylic acids is 1. The van der Waals surface area contributed by atoms with Crippen molar-refractivity contribution in [2.75, 3.05) is 5.32 Å². The normalized spacial score (nSPS) is 11.6. The van der Waals surface area contributed by atoms with Crippen molar-refractivity contribution >= 4 is 23.5 Å². The molecule has 7 nitrogen and oxygen atoms in total. The molecule has 11 heteroatoms. The minimum atomic E-state index is -4.73. The fraction of sp³-hybridized carbons (Fsp3) is 0.200. The summed E-state index contributed by atoms with van der Waals surface area (Å²) in [6, 6.07) is 9.41. The van der Waals surface area contributed by atoms with Crippen molar-refractivity contribution < 1.29 is 18.0 Å². The monoisotopic (exact) mass is 384 g/mol. The molecule has 0 saturated carbocycles. The second-order valence-electron chi connectivity index (χ2n) is 5.34. The molecule has 0 aliphatic carbocycles.